The van der Waals surface area contributed by atoms with Crippen LogP contribution in [0.4, 0.5) is 0 Å². The Morgan fingerprint density at radius 3 is 2.17 bits per heavy atom. The average molecular weight is 241 g/mol. The molecule has 2 aromatic carbocycles. The van der Waals surface area contributed by atoms with Crippen LogP contribution in [0.5, 0.6) is 5.75 Å². The molecule has 1 radical (unpaired) electrons. The van der Waals surface area contributed by atoms with E-state index in [9.17, 15) is 0 Å². The van der Waals surface area contributed by atoms with Crippen LogP contribution < -0.4 is 4.74 Å². The number of hydrogen-bond acceptors (Lipinski definition) is 1. The summed E-state index contributed by atoms with van der Waals surface area (Å²) in [4.78, 5) is 0. The molecular weight excluding hydrogens is 220 g/mol. The van der Waals surface area contributed by atoms with Crippen molar-refractivity contribution < 1.29 is 4.74 Å². The summed E-state index contributed by atoms with van der Waals surface area (Å²) in [6.45, 7) is 5.06. The molecule has 0 aliphatic heterocycles. The van der Waals surface area contributed by atoms with E-state index in [1.54, 1.807) is 0 Å². The van der Waals surface area contributed by atoms with Crippen LogP contribution in [0.3, 0.4) is 0 Å². The van der Waals surface area contributed by atoms with Gasteiger partial charge >= 0.3 is 0 Å². The fourth-order valence-corrected chi connectivity index (χ4v) is 1.34. The van der Waals surface area contributed by atoms with Gasteiger partial charge in [-0.05, 0) is 31.5 Å². The van der Waals surface area contributed by atoms with E-state index in [2.05, 4.69) is 32.0 Å². The molecule has 0 saturated heterocycles. The second-order valence-corrected chi connectivity index (χ2v) is 4.09. The minimum atomic E-state index is 0.820. The molecule has 1 heteroatoms. The van der Waals surface area contributed by atoms with E-state index in [0.29, 0.717) is 0 Å². The number of benzene rings is 2. The summed E-state index contributed by atoms with van der Waals surface area (Å²) in [5, 5.41) is 0. The SMILES string of the molecule is CCCCOc1cc[c]cc1.Cc1ccccc1. The third-order valence-corrected chi connectivity index (χ3v) is 2.39. The van der Waals surface area contributed by atoms with Crippen molar-refractivity contribution >= 4 is 0 Å². The van der Waals surface area contributed by atoms with Gasteiger partial charge in [0.1, 0.15) is 5.75 Å². The molecule has 1 nitrogen and oxygen atoms in total. The standard InChI is InChI=1S/C10H13O.C7H8/c1-2-3-9-11-10-7-5-4-6-8-10;1-7-5-3-2-4-6-7/h5-8H,2-3,9H2,1H3;2-6H,1H3. The minimum Gasteiger partial charge on any atom is -0.494 e. The Bertz CT molecular complexity index is 394. The maximum Gasteiger partial charge on any atom is 0.119 e. The summed E-state index contributed by atoms with van der Waals surface area (Å²) in [7, 11) is 0. The van der Waals surface area contributed by atoms with Gasteiger partial charge in [-0.1, -0.05) is 61.4 Å². The fourth-order valence-electron chi connectivity index (χ4n) is 1.34. The zero-order valence-corrected chi connectivity index (χ0v) is 11.2. The summed E-state index contributed by atoms with van der Waals surface area (Å²) < 4.78 is 5.43. The molecule has 0 fully saturated rings. The number of ether oxygens (including phenoxy) is 1. The van der Waals surface area contributed by atoms with Crippen LogP contribution in [-0.2, 0) is 0 Å². The average Bonchev–Trinajstić information content (AvgIpc) is 2.42. The minimum absolute atomic E-state index is 0.820. The van der Waals surface area contributed by atoms with Crippen molar-refractivity contribution in [3.05, 3.63) is 66.2 Å². The van der Waals surface area contributed by atoms with Crippen LogP contribution in [0.15, 0.2) is 54.6 Å². The molecule has 0 aliphatic carbocycles. The molecule has 0 unspecified atom stereocenters. The Kier molecular flexibility index (Phi) is 7.38. The highest BCUT2D eigenvalue weighted by Crippen LogP contribution is 2.08. The summed E-state index contributed by atoms with van der Waals surface area (Å²) >= 11 is 0. The van der Waals surface area contributed by atoms with E-state index in [1.807, 2.05) is 42.5 Å². The zero-order valence-electron chi connectivity index (χ0n) is 11.2. The smallest absolute Gasteiger partial charge is 0.119 e. The Labute approximate surface area is 110 Å². The molecule has 0 spiro atoms. The molecule has 0 saturated carbocycles. The second-order valence-electron chi connectivity index (χ2n) is 4.09. The van der Waals surface area contributed by atoms with Crippen LogP contribution in [-0.4, -0.2) is 6.61 Å². The zero-order chi connectivity index (χ0) is 13.1. The highest BCUT2D eigenvalue weighted by Gasteiger charge is 1.88. The third kappa shape index (κ3) is 6.74. The first-order chi connectivity index (χ1) is 8.83. The number of aryl methyl sites for hydroxylation is 1. The fraction of sp³-hybridized carbons (Fsp3) is 0.294. The van der Waals surface area contributed by atoms with E-state index >= 15 is 0 Å². The first kappa shape index (κ1) is 14.3. The molecule has 95 valence electrons. The lowest BCUT2D eigenvalue weighted by Crippen LogP contribution is -1.95. The summed E-state index contributed by atoms with van der Waals surface area (Å²) in [5.74, 6) is 0.942. The predicted molar refractivity (Wildman–Crippen MR) is 76.9 cm³/mol. The summed E-state index contributed by atoms with van der Waals surface area (Å²) in [6, 6.07) is 20.8. The van der Waals surface area contributed by atoms with Crippen LogP contribution in [0, 0.1) is 13.0 Å². The van der Waals surface area contributed by atoms with Crippen LogP contribution in [0.1, 0.15) is 25.3 Å². The van der Waals surface area contributed by atoms with Crippen molar-refractivity contribution in [2.75, 3.05) is 6.61 Å². The molecule has 18 heavy (non-hydrogen) atoms. The Hall–Kier alpha value is -1.76. The molecule has 2 aromatic rings. The molecular formula is C17H21O. The third-order valence-electron chi connectivity index (χ3n) is 2.39. The highest BCUT2D eigenvalue weighted by atomic mass is 16.5. The molecule has 0 bridgehead atoms. The molecule has 0 atom stereocenters. The largest absolute Gasteiger partial charge is 0.494 e. The van der Waals surface area contributed by atoms with Gasteiger partial charge in [-0.15, -0.1) is 0 Å². The first-order valence-electron chi connectivity index (χ1n) is 6.43. The van der Waals surface area contributed by atoms with Gasteiger partial charge in [-0.25, -0.2) is 0 Å². The van der Waals surface area contributed by atoms with E-state index < -0.39 is 0 Å². The monoisotopic (exact) mass is 241 g/mol. The van der Waals surface area contributed by atoms with Gasteiger partial charge in [0.05, 0.1) is 6.61 Å². The molecule has 0 aromatic heterocycles. The lowest BCUT2D eigenvalue weighted by atomic mass is 10.2. The van der Waals surface area contributed by atoms with Gasteiger partial charge in [0, 0.05) is 0 Å². The van der Waals surface area contributed by atoms with Crippen LogP contribution in [0.25, 0.3) is 0 Å². The maximum atomic E-state index is 5.43. The number of hydrogen-bond donors (Lipinski definition) is 0. The van der Waals surface area contributed by atoms with E-state index in [-0.39, 0.29) is 0 Å². The Morgan fingerprint density at radius 1 is 1.00 bits per heavy atom. The first-order valence-corrected chi connectivity index (χ1v) is 6.43. The quantitative estimate of drug-likeness (QED) is 0.707. The normalized spacial score (nSPS) is 9.22. The lowest BCUT2D eigenvalue weighted by molar-refractivity contribution is 0.309. The molecule has 0 heterocycles. The number of unbranched alkanes of at least 4 members (excludes halogenated alkanes) is 1. The van der Waals surface area contributed by atoms with Crippen molar-refractivity contribution in [3.8, 4) is 5.75 Å². The van der Waals surface area contributed by atoms with E-state index in [4.69, 9.17) is 4.74 Å². The van der Waals surface area contributed by atoms with Crippen molar-refractivity contribution in [1.29, 1.82) is 0 Å². The van der Waals surface area contributed by atoms with Gasteiger partial charge < -0.3 is 4.74 Å². The topological polar surface area (TPSA) is 9.23 Å². The van der Waals surface area contributed by atoms with Gasteiger partial charge in [0.15, 0.2) is 0 Å². The van der Waals surface area contributed by atoms with Crippen molar-refractivity contribution in [2.24, 2.45) is 0 Å². The summed E-state index contributed by atoms with van der Waals surface area (Å²) in [5.41, 5.74) is 1.32. The second kappa shape index (κ2) is 9.29. The lowest BCUT2D eigenvalue weighted by Gasteiger charge is -2.03. The van der Waals surface area contributed by atoms with E-state index in [0.717, 1.165) is 18.8 Å². The van der Waals surface area contributed by atoms with E-state index in [1.165, 1.54) is 12.0 Å². The van der Waals surface area contributed by atoms with Gasteiger partial charge in [0.2, 0.25) is 0 Å². The maximum absolute atomic E-state index is 5.43. The summed E-state index contributed by atoms with van der Waals surface area (Å²) in [6.07, 6.45) is 2.30. The van der Waals surface area contributed by atoms with Crippen molar-refractivity contribution in [3.63, 3.8) is 0 Å². The molecule has 0 aliphatic rings. The Balaban J connectivity index is 0.000000199. The van der Waals surface area contributed by atoms with Gasteiger partial charge in [-0.2, -0.15) is 0 Å². The van der Waals surface area contributed by atoms with Crippen molar-refractivity contribution in [1.82, 2.24) is 0 Å². The predicted octanol–water partition coefficient (Wildman–Crippen LogP) is 4.66. The number of rotatable bonds is 4. The Morgan fingerprint density at radius 2 is 1.67 bits per heavy atom. The van der Waals surface area contributed by atoms with Crippen LogP contribution in [0.2, 0.25) is 0 Å². The highest BCUT2D eigenvalue weighted by molar-refractivity contribution is 5.20. The van der Waals surface area contributed by atoms with Gasteiger partial charge in [0.25, 0.3) is 0 Å². The van der Waals surface area contributed by atoms with Gasteiger partial charge in [-0.3, -0.25) is 0 Å². The van der Waals surface area contributed by atoms with Crippen molar-refractivity contribution in [2.45, 2.75) is 26.7 Å². The van der Waals surface area contributed by atoms with Crippen LogP contribution >= 0.6 is 0 Å². The molecule has 0 N–H and O–H groups in total. The molecule has 0 amide bonds. The molecule has 2 rings (SSSR count).